The van der Waals surface area contributed by atoms with Crippen LogP contribution in [0.15, 0.2) is 36.5 Å². The van der Waals surface area contributed by atoms with E-state index in [-0.39, 0.29) is 27.5 Å². The number of methoxy groups -OCH3 is 1. The number of nitrogens with zero attached hydrogens (tertiary/aromatic N) is 3. The summed E-state index contributed by atoms with van der Waals surface area (Å²) in [6.45, 7) is 0. The number of ether oxygens (including phenoxy) is 1. The number of aromatic nitrogens is 1. The average Bonchev–Trinajstić information content (AvgIpc) is 2.63. The zero-order valence-electron chi connectivity index (χ0n) is 13.3. The molecule has 0 aliphatic rings. The summed E-state index contributed by atoms with van der Waals surface area (Å²) in [7, 11) is 1.32. The summed E-state index contributed by atoms with van der Waals surface area (Å²) in [5, 5.41) is 24.0. The smallest absolute Gasteiger partial charge is 0.336 e. The standard InChI is InChI=1S/C17H10ClFN4O3/c1-26-14-5-3-11-15(22-10-2-4-13(19)12(18)6-10)9(7-20)8-21-16(11)17(14)23(24)25/h2-6,8H,1H3,(H,21,22). The third kappa shape index (κ3) is 2.96. The van der Waals surface area contributed by atoms with Crippen molar-refractivity contribution >= 4 is 39.6 Å². The van der Waals surface area contributed by atoms with Crippen molar-refractivity contribution in [3.63, 3.8) is 0 Å². The molecule has 2 aromatic carbocycles. The van der Waals surface area contributed by atoms with Gasteiger partial charge in [0.1, 0.15) is 11.9 Å². The molecule has 0 saturated heterocycles. The van der Waals surface area contributed by atoms with Gasteiger partial charge >= 0.3 is 5.69 Å². The highest BCUT2D eigenvalue weighted by molar-refractivity contribution is 6.31. The van der Waals surface area contributed by atoms with Crippen molar-refractivity contribution in [2.45, 2.75) is 0 Å². The van der Waals surface area contributed by atoms with E-state index in [2.05, 4.69) is 10.3 Å². The zero-order valence-corrected chi connectivity index (χ0v) is 14.0. The van der Waals surface area contributed by atoms with Crippen molar-refractivity contribution in [2.75, 3.05) is 12.4 Å². The Hall–Kier alpha value is -3.44. The minimum absolute atomic E-state index is 0.0514. The van der Waals surface area contributed by atoms with Crippen LogP contribution in [0.4, 0.5) is 21.5 Å². The van der Waals surface area contributed by atoms with Crippen LogP contribution in [0.2, 0.25) is 5.02 Å². The Bertz CT molecular complexity index is 1080. The number of nitriles is 1. The molecule has 3 aromatic rings. The van der Waals surface area contributed by atoms with Crippen molar-refractivity contribution in [2.24, 2.45) is 0 Å². The number of nitro benzene ring substituents is 1. The van der Waals surface area contributed by atoms with Crippen LogP contribution in [-0.2, 0) is 0 Å². The number of benzene rings is 2. The van der Waals surface area contributed by atoms with Gasteiger partial charge in [-0.25, -0.2) is 9.37 Å². The highest BCUT2D eigenvalue weighted by Crippen LogP contribution is 2.38. The molecule has 0 aliphatic heterocycles. The fourth-order valence-electron chi connectivity index (χ4n) is 2.51. The Balaban J connectivity index is 2.26. The van der Waals surface area contributed by atoms with Gasteiger partial charge in [-0.2, -0.15) is 5.26 Å². The van der Waals surface area contributed by atoms with Crippen LogP contribution >= 0.6 is 11.6 Å². The summed E-state index contributed by atoms with van der Waals surface area (Å²) in [5.41, 5.74) is 0.626. The lowest BCUT2D eigenvalue weighted by Gasteiger charge is -2.13. The summed E-state index contributed by atoms with van der Waals surface area (Å²) in [5.74, 6) is -0.534. The van der Waals surface area contributed by atoms with Gasteiger partial charge in [0.05, 0.1) is 28.3 Å². The first kappa shape index (κ1) is 17.4. The van der Waals surface area contributed by atoms with E-state index < -0.39 is 10.7 Å². The lowest BCUT2D eigenvalue weighted by atomic mass is 10.1. The summed E-state index contributed by atoms with van der Waals surface area (Å²) >= 11 is 5.78. The predicted molar refractivity (Wildman–Crippen MR) is 94.4 cm³/mol. The molecule has 0 amide bonds. The molecular formula is C17H10ClFN4O3. The Labute approximate surface area is 151 Å². The molecule has 3 rings (SSSR count). The van der Waals surface area contributed by atoms with Crippen LogP contribution in [0.3, 0.4) is 0 Å². The molecule has 26 heavy (non-hydrogen) atoms. The largest absolute Gasteiger partial charge is 0.490 e. The summed E-state index contributed by atoms with van der Waals surface area (Å²) in [6, 6.07) is 8.92. The molecule has 0 atom stereocenters. The Morgan fingerprint density at radius 1 is 1.38 bits per heavy atom. The van der Waals surface area contributed by atoms with Crippen molar-refractivity contribution in [1.82, 2.24) is 4.98 Å². The molecule has 0 unspecified atom stereocenters. The van der Waals surface area contributed by atoms with Gasteiger partial charge in [-0.15, -0.1) is 0 Å². The molecule has 9 heteroatoms. The van der Waals surface area contributed by atoms with E-state index in [1.807, 2.05) is 6.07 Å². The zero-order chi connectivity index (χ0) is 18.8. The molecule has 0 aliphatic carbocycles. The van der Waals surface area contributed by atoms with E-state index in [1.54, 1.807) is 6.07 Å². The van der Waals surface area contributed by atoms with Crippen LogP contribution in [0.25, 0.3) is 10.9 Å². The third-order valence-corrected chi connectivity index (χ3v) is 3.98. The van der Waals surface area contributed by atoms with Crippen molar-refractivity contribution < 1.29 is 14.1 Å². The van der Waals surface area contributed by atoms with Gasteiger partial charge in [-0.3, -0.25) is 10.1 Å². The SMILES string of the molecule is COc1ccc2c(Nc3ccc(F)c(Cl)c3)c(C#N)cnc2c1[N+](=O)[O-]. The molecule has 1 aromatic heterocycles. The number of nitrogens with one attached hydrogen (secondary N) is 1. The maximum atomic E-state index is 13.4. The number of fused-ring (bicyclic) bond motifs is 1. The highest BCUT2D eigenvalue weighted by atomic mass is 35.5. The maximum absolute atomic E-state index is 13.4. The highest BCUT2D eigenvalue weighted by Gasteiger charge is 2.23. The third-order valence-electron chi connectivity index (χ3n) is 3.69. The van der Waals surface area contributed by atoms with E-state index >= 15 is 0 Å². The van der Waals surface area contributed by atoms with Gasteiger partial charge in [0.2, 0.25) is 0 Å². The molecule has 0 spiro atoms. The minimum atomic E-state index is -0.598. The fourth-order valence-corrected chi connectivity index (χ4v) is 2.69. The van der Waals surface area contributed by atoms with Crippen LogP contribution in [0.1, 0.15) is 5.56 Å². The van der Waals surface area contributed by atoms with Gasteiger partial charge < -0.3 is 10.1 Å². The lowest BCUT2D eigenvalue weighted by molar-refractivity contribution is -0.384. The van der Waals surface area contributed by atoms with Crippen molar-refractivity contribution in [3.8, 4) is 11.8 Å². The minimum Gasteiger partial charge on any atom is -0.490 e. The summed E-state index contributed by atoms with van der Waals surface area (Å²) < 4.78 is 18.4. The molecule has 1 heterocycles. The number of nitro groups is 1. The van der Waals surface area contributed by atoms with Crippen LogP contribution in [-0.4, -0.2) is 17.0 Å². The Kier molecular flexibility index (Phi) is 4.56. The summed E-state index contributed by atoms with van der Waals surface area (Å²) in [6.07, 6.45) is 1.22. The Morgan fingerprint density at radius 3 is 2.77 bits per heavy atom. The number of rotatable bonds is 4. The van der Waals surface area contributed by atoms with Crippen molar-refractivity contribution in [1.29, 1.82) is 5.26 Å². The van der Waals surface area contributed by atoms with Gasteiger partial charge in [0, 0.05) is 17.3 Å². The van der Waals surface area contributed by atoms with Crippen LogP contribution < -0.4 is 10.1 Å². The van der Waals surface area contributed by atoms with Gasteiger partial charge in [0.25, 0.3) is 0 Å². The number of anilines is 2. The van der Waals surface area contributed by atoms with E-state index in [9.17, 15) is 19.8 Å². The predicted octanol–water partition coefficient (Wildman–Crippen LogP) is 4.56. The van der Waals surface area contributed by atoms with Gasteiger partial charge in [0.15, 0.2) is 11.3 Å². The summed E-state index contributed by atoms with van der Waals surface area (Å²) in [4.78, 5) is 14.9. The molecule has 0 bridgehead atoms. The van der Waals surface area contributed by atoms with E-state index in [0.717, 1.165) is 0 Å². The normalized spacial score (nSPS) is 10.4. The average molecular weight is 373 g/mol. The number of halogens is 2. The van der Waals surface area contributed by atoms with E-state index in [1.165, 1.54) is 37.6 Å². The molecule has 0 radical (unpaired) electrons. The maximum Gasteiger partial charge on any atom is 0.336 e. The number of hydrogen-bond donors (Lipinski definition) is 1. The van der Waals surface area contributed by atoms with Crippen LogP contribution in [0, 0.1) is 27.3 Å². The lowest BCUT2D eigenvalue weighted by Crippen LogP contribution is -2.01. The molecule has 130 valence electrons. The second kappa shape index (κ2) is 6.82. The van der Waals surface area contributed by atoms with E-state index in [4.69, 9.17) is 16.3 Å². The number of pyridine rings is 1. The number of hydrogen-bond acceptors (Lipinski definition) is 6. The van der Waals surface area contributed by atoms with Crippen molar-refractivity contribution in [3.05, 3.63) is 63.0 Å². The second-order valence-corrected chi connectivity index (χ2v) is 5.59. The Morgan fingerprint density at radius 2 is 2.15 bits per heavy atom. The van der Waals surface area contributed by atoms with Gasteiger partial charge in [-0.05, 0) is 30.3 Å². The topological polar surface area (TPSA) is 101 Å². The van der Waals surface area contributed by atoms with E-state index in [0.29, 0.717) is 16.8 Å². The molecule has 1 N–H and O–H groups in total. The molecule has 7 nitrogen and oxygen atoms in total. The monoisotopic (exact) mass is 372 g/mol. The molecule has 0 fully saturated rings. The first-order valence-electron chi connectivity index (χ1n) is 7.22. The van der Waals surface area contributed by atoms with Crippen LogP contribution in [0.5, 0.6) is 5.75 Å². The quantitative estimate of drug-likeness (QED) is 0.532. The first-order valence-corrected chi connectivity index (χ1v) is 7.60. The molecule has 0 saturated carbocycles. The molecular weight excluding hydrogens is 363 g/mol. The first-order chi connectivity index (χ1) is 12.5. The van der Waals surface area contributed by atoms with Gasteiger partial charge in [-0.1, -0.05) is 11.6 Å². The fraction of sp³-hybridized carbons (Fsp3) is 0.0588. The second-order valence-electron chi connectivity index (χ2n) is 5.18.